The van der Waals surface area contributed by atoms with Crippen molar-refractivity contribution in [3.63, 3.8) is 0 Å². The van der Waals surface area contributed by atoms with Crippen LogP contribution in [0.25, 0.3) is 11.3 Å². The van der Waals surface area contributed by atoms with Crippen molar-refractivity contribution in [2.45, 2.75) is 39.8 Å². The number of carbonyl (C=O) groups is 2. The molecular weight excluding hydrogens is 322 g/mol. The standard InChI is InChI=1S/C18H23N3O2S/c1-11(2)16(20-13(4)22)17(23)19-12(3)18-21-15(10-24-18)14-8-6-5-7-9-14/h5-12,16H,1-4H3,(H,19,23)(H,20,22)/t12-,16+/m1/s1. The van der Waals surface area contributed by atoms with Crippen molar-refractivity contribution in [1.82, 2.24) is 15.6 Å². The smallest absolute Gasteiger partial charge is 0.243 e. The van der Waals surface area contributed by atoms with E-state index < -0.39 is 6.04 Å². The number of hydrogen-bond donors (Lipinski definition) is 2. The van der Waals surface area contributed by atoms with E-state index in [1.165, 1.54) is 18.3 Å². The SMILES string of the molecule is CC(=O)N[C@H](C(=O)N[C@H](C)c1nc(-c2ccccc2)cs1)C(C)C. The van der Waals surface area contributed by atoms with Crippen LogP contribution >= 0.6 is 11.3 Å². The lowest BCUT2D eigenvalue weighted by Gasteiger charge is -2.22. The van der Waals surface area contributed by atoms with Crippen molar-refractivity contribution in [3.05, 3.63) is 40.7 Å². The van der Waals surface area contributed by atoms with Gasteiger partial charge in [0.1, 0.15) is 11.0 Å². The molecule has 0 unspecified atom stereocenters. The number of benzene rings is 1. The molecule has 0 spiro atoms. The summed E-state index contributed by atoms with van der Waals surface area (Å²) in [6, 6.07) is 9.17. The molecule has 5 nitrogen and oxygen atoms in total. The second kappa shape index (κ2) is 8.06. The molecule has 2 rings (SSSR count). The number of aromatic nitrogens is 1. The first kappa shape index (κ1) is 18.1. The average Bonchev–Trinajstić information content (AvgIpc) is 3.03. The predicted octanol–water partition coefficient (Wildman–Crippen LogP) is 3.15. The van der Waals surface area contributed by atoms with Crippen LogP contribution in [0.15, 0.2) is 35.7 Å². The minimum atomic E-state index is -0.543. The Kier molecular flexibility index (Phi) is 6.09. The van der Waals surface area contributed by atoms with Gasteiger partial charge in [0.2, 0.25) is 11.8 Å². The first-order valence-electron chi connectivity index (χ1n) is 7.96. The van der Waals surface area contributed by atoms with E-state index in [9.17, 15) is 9.59 Å². The Morgan fingerprint density at radius 3 is 2.33 bits per heavy atom. The van der Waals surface area contributed by atoms with Crippen molar-refractivity contribution in [3.8, 4) is 11.3 Å². The summed E-state index contributed by atoms with van der Waals surface area (Å²) in [6.45, 7) is 7.12. The molecule has 1 aromatic carbocycles. The van der Waals surface area contributed by atoms with Crippen LogP contribution in [0, 0.1) is 5.92 Å². The Labute approximate surface area is 146 Å². The first-order valence-corrected chi connectivity index (χ1v) is 8.84. The van der Waals surface area contributed by atoms with E-state index in [-0.39, 0.29) is 23.8 Å². The van der Waals surface area contributed by atoms with Crippen LogP contribution in [0.4, 0.5) is 0 Å². The largest absolute Gasteiger partial charge is 0.345 e. The Morgan fingerprint density at radius 1 is 1.08 bits per heavy atom. The fraction of sp³-hybridized carbons (Fsp3) is 0.389. The number of thiazole rings is 1. The summed E-state index contributed by atoms with van der Waals surface area (Å²) >= 11 is 1.52. The lowest BCUT2D eigenvalue weighted by molar-refractivity contribution is -0.129. The summed E-state index contributed by atoms with van der Waals surface area (Å²) in [6.07, 6.45) is 0. The molecule has 2 N–H and O–H groups in total. The van der Waals surface area contributed by atoms with Crippen molar-refractivity contribution in [1.29, 1.82) is 0 Å². The molecule has 0 saturated carbocycles. The summed E-state index contributed by atoms with van der Waals surface area (Å²) < 4.78 is 0. The Hall–Kier alpha value is -2.21. The second-order valence-corrected chi connectivity index (χ2v) is 6.98. The van der Waals surface area contributed by atoms with Gasteiger partial charge in [0.05, 0.1) is 11.7 Å². The molecule has 0 fully saturated rings. The summed E-state index contributed by atoms with van der Waals surface area (Å²) in [5.41, 5.74) is 1.95. The van der Waals surface area contributed by atoms with E-state index in [2.05, 4.69) is 15.6 Å². The zero-order valence-corrected chi connectivity index (χ0v) is 15.2. The molecule has 0 bridgehead atoms. The van der Waals surface area contributed by atoms with Crippen molar-refractivity contribution >= 4 is 23.2 Å². The third kappa shape index (κ3) is 4.64. The van der Waals surface area contributed by atoms with Gasteiger partial charge in [-0.25, -0.2) is 4.98 Å². The third-order valence-electron chi connectivity index (χ3n) is 3.63. The number of nitrogens with zero attached hydrogens (tertiary/aromatic N) is 1. The summed E-state index contributed by atoms with van der Waals surface area (Å²) in [7, 11) is 0. The fourth-order valence-electron chi connectivity index (χ4n) is 2.35. The molecule has 0 radical (unpaired) electrons. The highest BCUT2D eigenvalue weighted by atomic mass is 32.1. The van der Waals surface area contributed by atoms with Crippen molar-refractivity contribution in [2.75, 3.05) is 0 Å². The maximum absolute atomic E-state index is 12.4. The van der Waals surface area contributed by atoms with Crippen LogP contribution < -0.4 is 10.6 Å². The average molecular weight is 345 g/mol. The van der Waals surface area contributed by atoms with Gasteiger partial charge < -0.3 is 10.6 Å². The van der Waals surface area contributed by atoms with Gasteiger partial charge in [-0.2, -0.15) is 0 Å². The number of nitrogens with one attached hydrogen (secondary N) is 2. The molecule has 2 atom stereocenters. The van der Waals surface area contributed by atoms with Crippen LogP contribution in [0.2, 0.25) is 0 Å². The monoisotopic (exact) mass is 345 g/mol. The first-order chi connectivity index (χ1) is 11.4. The number of hydrogen-bond acceptors (Lipinski definition) is 4. The molecule has 0 aliphatic carbocycles. The quantitative estimate of drug-likeness (QED) is 0.845. The molecule has 6 heteroatoms. The lowest BCUT2D eigenvalue weighted by atomic mass is 10.0. The van der Waals surface area contributed by atoms with Crippen LogP contribution in [0.1, 0.15) is 38.7 Å². The minimum Gasteiger partial charge on any atom is -0.345 e. The zero-order valence-electron chi connectivity index (χ0n) is 14.4. The lowest BCUT2D eigenvalue weighted by Crippen LogP contribution is -2.49. The van der Waals surface area contributed by atoms with Gasteiger partial charge in [-0.15, -0.1) is 11.3 Å². The fourth-order valence-corrected chi connectivity index (χ4v) is 3.18. The van der Waals surface area contributed by atoms with Gasteiger partial charge in [0, 0.05) is 17.9 Å². The van der Waals surface area contributed by atoms with E-state index in [1.54, 1.807) is 0 Å². The maximum atomic E-state index is 12.4. The van der Waals surface area contributed by atoms with Gasteiger partial charge in [-0.1, -0.05) is 44.2 Å². The van der Waals surface area contributed by atoms with E-state index in [0.29, 0.717) is 0 Å². The second-order valence-electron chi connectivity index (χ2n) is 6.09. The van der Waals surface area contributed by atoms with E-state index >= 15 is 0 Å². The Bertz CT molecular complexity index is 697. The normalized spacial score (nSPS) is 13.4. The van der Waals surface area contributed by atoms with Crippen LogP contribution in [0.5, 0.6) is 0 Å². The molecule has 128 valence electrons. The maximum Gasteiger partial charge on any atom is 0.243 e. The highest BCUT2D eigenvalue weighted by Gasteiger charge is 2.25. The molecule has 1 heterocycles. The Balaban J connectivity index is 2.06. The van der Waals surface area contributed by atoms with Crippen LogP contribution in [0.3, 0.4) is 0 Å². The molecule has 2 amide bonds. The summed E-state index contributed by atoms with van der Waals surface area (Å²) in [5, 5.41) is 8.47. The topological polar surface area (TPSA) is 71.1 Å². The molecule has 0 aliphatic heterocycles. The zero-order chi connectivity index (χ0) is 17.7. The molecular formula is C18H23N3O2S. The van der Waals surface area contributed by atoms with E-state index in [1.807, 2.05) is 56.5 Å². The summed E-state index contributed by atoms with van der Waals surface area (Å²) in [5.74, 6) is -0.390. The highest BCUT2D eigenvalue weighted by molar-refractivity contribution is 7.10. The molecule has 24 heavy (non-hydrogen) atoms. The van der Waals surface area contributed by atoms with Gasteiger partial charge in [-0.3, -0.25) is 9.59 Å². The molecule has 2 aromatic rings. The van der Waals surface area contributed by atoms with Crippen molar-refractivity contribution < 1.29 is 9.59 Å². The van der Waals surface area contributed by atoms with E-state index in [4.69, 9.17) is 0 Å². The number of carbonyl (C=O) groups excluding carboxylic acids is 2. The summed E-state index contributed by atoms with van der Waals surface area (Å²) in [4.78, 5) is 28.3. The molecule has 0 saturated heterocycles. The van der Waals surface area contributed by atoms with Gasteiger partial charge in [0.15, 0.2) is 0 Å². The van der Waals surface area contributed by atoms with E-state index in [0.717, 1.165) is 16.3 Å². The van der Waals surface area contributed by atoms with Gasteiger partial charge in [0.25, 0.3) is 0 Å². The molecule has 0 aliphatic rings. The third-order valence-corrected chi connectivity index (χ3v) is 4.66. The predicted molar refractivity (Wildman–Crippen MR) is 96.6 cm³/mol. The van der Waals surface area contributed by atoms with Gasteiger partial charge >= 0.3 is 0 Å². The van der Waals surface area contributed by atoms with Crippen molar-refractivity contribution in [2.24, 2.45) is 5.92 Å². The molecule has 1 aromatic heterocycles. The van der Waals surface area contributed by atoms with Gasteiger partial charge in [-0.05, 0) is 12.8 Å². The van der Waals surface area contributed by atoms with Crippen LogP contribution in [-0.4, -0.2) is 22.8 Å². The number of rotatable bonds is 6. The number of amides is 2. The Morgan fingerprint density at radius 2 is 1.75 bits per heavy atom. The minimum absolute atomic E-state index is 0.0114. The van der Waals surface area contributed by atoms with Crippen LogP contribution in [-0.2, 0) is 9.59 Å². The highest BCUT2D eigenvalue weighted by Crippen LogP contribution is 2.25.